The number of fused-ring (bicyclic) bond motifs is 1. The largest absolute Gasteiger partial charge is 0.481 e. The third-order valence-electron chi connectivity index (χ3n) is 9.83. The second kappa shape index (κ2) is 27.6. The second-order valence-electron chi connectivity index (χ2n) is 14.9. The Kier molecular flexibility index (Phi) is 22.9. The van der Waals surface area contributed by atoms with Gasteiger partial charge >= 0.3 is 17.9 Å². The van der Waals surface area contributed by atoms with E-state index in [1.54, 1.807) is 30.5 Å². The number of amides is 3. The summed E-state index contributed by atoms with van der Waals surface area (Å²) in [6, 6.07) is 5.39. The van der Waals surface area contributed by atoms with Gasteiger partial charge in [0.2, 0.25) is 23.7 Å². The average Bonchev–Trinajstić information content (AvgIpc) is 3.29. The molecule has 3 amide bonds. The zero-order valence-electron chi connectivity index (χ0n) is 35.8. The molecule has 0 aliphatic carbocycles. The summed E-state index contributed by atoms with van der Waals surface area (Å²) in [4.78, 5) is 103. The minimum Gasteiger partial charge on any atom is -0.481 e. The van der Waals surface area contributed by atoms with Crippen LogP contribution in [0.5, 0.6) is 0 Å². The summed E-state index contributed by atoms with van der Waals surface area (Å²) in [7, 11) is 2.24. The number of Topliss-reactive ketones (excluding diaryl/α,β-unsaturated/α-hetero) is 1. The van der Waals surface area contributed by atoms with Crippen LogP contribution in [0.1, 0.15) is 60.6 Å². The first-order valence-corrected chi connectivity index (χ1v) is 23.0. The molecule has 1 aromatic carbocycles. The molecule has 0 radical (unpaired) electrons. The molecule has 0 aliphatic heterocycles. The van der Waals surface area contributed by atoms with E-state index in [4.69, 9.17) is 21.3 Å². The number of hydrogen-bond acceptors (Lipinski definition) is 21. The van der Waals surface area contributed by atoms with Gasteiger partial charge in [-0.3, -0.25) is 28.8 Å². The summed E-state index contributed by atoms with van der Waals surface area (Å²) in [5.74, 6) is -7.32. The van der Waals surface area contributed by atoms with Gasteiger partial charge in [-0.25, -0.2) is 14.8 Å². The molecule has 0 saturated carbocycles. The number of nitrogens with one attached hydrogen (secondary N) is 3. The summed E-state index contributed by atoms with van der Waals surface area (Å²) in [6.07, 6.45) is -5.47. The maximum Gasteiger partial charge on any atom is 0.327 e. The van der Waals surface area contributed by atoms with E-state index in [1.165, 1.54) is 6.92 Å². The highest BCUT2D eigenvalue weighted by Crippen LogP contribution is 2.23. The average molecular weight is 966 g/mol. The fraction of sp³-hybridized carbons (Fsp3) is 0.525. The fourth-order valence-electron chi connectivity index (χ4n) is 5.83. The number of aliphatic hydroxyl groups is 5. The molecule has 14 N–H and O–H groups in total. The number of hydrogen-bond donors (Lipinski definition) is 12. The first kappa shape index (κ1) is 54.6. The van der Waals surface area contributed by atoms with Gasteiger partial charge in [0, 0.05) is 48.8 Å². The Morgan fingerprint density at radius 1 is 0.818 bits per heavy atom. The topological polar surface area (TPSA) is 410 Å². The Bertz CT molecular complexity index is 2140. The third kappa shape index (κ3) is 18.6. The molecule has 0 spiro atoms. The molecule has 0 aliphatic rings. The molecule has 26 heteroatoms. The zero-order chi connectivity index (χ0) is 48.9. The van der Waals surface area contributed by atoms with E-state index in [-0.39, 0.29) is 67.6 Å². The van der Waals surface area contributed by atoms with Crippen molar-refractivity contribution in [2.75, 3.05) is 49.3 Å². The van der Waals surface area contributed by atoms with Crippen LogP contribution in [0.25, 0.3) is 11.2 Å². The van der Waals surface area contributed by atoms with Crippen molar-refractivity contribution in [3.05, 3.63) is 47.3 Å². The quantitative estimate of drug-likeness (QED) is 0.0149. The van der Waals surface area contributed by atoms with Gasteiger partial charge in [-0.05, 0) is 31.2 Å². The summed E-state index contributed by atoms with van der Waals surface area (Å²) in [6.45, 7) is -0.478. The van der Waals surface area contributed by atoms with Crippen molar-refractivity contribution in [3.8, 4) is 0 Å². The molecule has 362 valence electrons. The Morgan fingerprint density at radius 2 is 1.48 bits per heavy atom. The van der Waals surface area contributed by atoms with Crippen molar-refractivity contribution < 1.29 is 74.0 Å². The summed E-state index contributed by atoms with van der Waals surface area (Å²) < 4.78 is 5.07. The van der Waals surface area contributed by atoms with Crippen LogP contribution in [0.3, 0.4) is 0 Å². The molecule has 3 aromatic rings. The maximum atomic E-state index is 12.9. The third-order valence-corrected chi connectivity index (χ3v) is 12.2. The Morgan fingerprint density at radius 3 is 2.15 bits per heavy atom. The Labute approximate surface area is 385 Å². The number of aromatic nitrogens is 4. The zero-order valence-corrected chi connectivity index (χ0v) is 37.4. The summed E-state index contributed by atoms with van der Waals surface area (Å²) >= 11 is 0. The molecular weight excluding hydrogens is 911 g/mol. The number of anilines is 2. The SMILES string of the molecule is C[C@@H](CCC(=O)NC[C@H](O)[C@@H](O)[C@H](O)[C@H](O)CO)C(=O)N[C@H](CSSCCOC(=O)CNC(=O)CC[C@H](CC(=O)c1ccc(CCc2cnc3nc(N)nc(N)c3n2)cc1)C(=O)O)C(=O)O. The van der Waals surface area contributed by atoms with E-state index in [9.17, 15) is 64.2 Å². The molecule has 66 heavy (non-hydrogen) atoms. The minimum atomic E-state index is -1.86. The monoisotopic (exact) mass is 965 g/mol. The molecule has 0 saturated heterocycles. The second-order valence-corrected chi connectivity index (χ2v) is 17.6. The summed E-state index contributed by atoms with van der Waals surface area (Å²) in [5, 5.41) is 73.9. The molecule has 24 nitrogen and oxygen atoms in total. The number of carbonyl (C=O) groups excluding carboxylic acids is 5. The van der Waals surface area contributed by atoms with Gasteiger partial charge < -0.3 is 67.9 Å². The van der Waals surface area contributed by atoms with Crippen molar-refractivity contribution in [2.45, 2.75) is 82.3 Å². The number of carbonyl (C=O) groups is 7. The van der Waals surface area contributed by atoms with Crippen LogP contribution in [-0.4, -0.2) is 165 Å². The number of aliphatic hydroxyl groups excluding tert-OH is 5. The van der Waals surface area contributed by atoms with Crippen LogP contribution in [-0.2, 0) is 46.3 Å². The molecule has 3 rings (SSSR count). The van der Waals surface area contributed by atoms with Crippen molar-refractivity contribution in [3.63, 3.8) is 0 Å². The van der Waals surface area contributed by atoms with E-state index in [1.807, 2.05) is 0 Å². The Hall–Kier alpha value is -5.77. The molecular formula is C40H55N9O15S2. The van der Waals surface area contributed by atoms with Crippen LogP contribution < -0.4 is 27.4 Å². The van der Waals surface area contributed by atoms with E-state index in [2.05, 4.69) is 35.9 Å². The molecule has 2 aromatic heterocycles. The predicted molar refractivity (Wildman–Crippen MR) is 238 cm³/mol. The molecule has 2 heterocycles. The maximum absolute atomic E-state index is 12.9. The highest BCUT2D eigenvalue weighted by Gasteiger charge is 2.30. The van der Waals surface area contributed by atoms with E-state index in [0.29, 0.717) is 29.6 Å². The van der Waals surface area contributed by atoms with Crippen LogP contribution in [0.4, 0.5) is 11.8 Å². The number of aryl methyl sites for hydroxylation is 2. The lowest BCUT2D eigenvalue weighted by molar-refractivity contribution is -0.144. The van der Waals surface area contributed by atoms with Gasteiger partial charge in [-0.2, -0.15) is 9.97 Å². The normalized spacial score (nSPS) is 14.5. The number of rotatable bonds is 30. The predicted octanol–water partition coefficient (Wildman–Crippen LogP) is -2.00. The van der Waals surface area contributed by atoms with Gasteiger partial charge in [-0.15, -0.1) is 0 Å². The highest BCUT2D eigenvalue weighted by molar-refractivity contribution is 8.76. The van der Waals surface area contributed by atoms with Crippen LogP contribution in [0.2, 0.25) is 0 Å². The minimum absolute atomic E-state index is 0.00199. The highest BCUT2D eigenvalue weighted by atomic mass is 33.1. The lowest BCUT2D eigenvalue weighted by Crippen LogP contribution is -2.49. The lowest BCUT2D eigenvalue weighted by atomic mass is 9.93. The first-order valence-electron chi connectivity index (χ1n) is 20.5. The van der Waals surface area contributed by atoms with Crippen LogP contribution in [0.15, 0.2) is 30.5 Å². The van der Waals surface area contributed by atoms with Gasteiger partial charge in [0.25, 0.3) is 0 Å². The number of nitrogens with zero attached hydrogens (tertiary/aromatic N) is 4. The number of nitrogens with two attached hydrogens (primary N) is 2. The number of esters is 1. The fourth-order valence-corrected chi connectivity index (χ4v) is 7.81. The van der Waals surface area contributed by atoms with Gasteiger partial charge in [-0.1, -0.05) is 52.8 Å². The van der Waals surface area contributed by atoms with E-state index < -0.39 is 103 Å². The number of carboxylic acids is 2. The van der Waals surface area contributed by atoms with Gasteiger partial charge in [0.15, 0.2) is 22.8 Å². The Balaban J connectivity index is 1.28. The number of benzene rings is 1. The number of ether oxygens (including phenoxy) is 1. The summed E-state index contributed by atoms with van der Waals surface area (Å²) in [5.41, 5.74) is 13.9. The van der Waals surface area contributed by atoms with Gasteiger partial charge in [0.05, 0.1) is 30.5 Å². The van der Waals surface area contributed by atoms with Crippen molar-refractivity contribution in [1.29, 1.82) is 0 Å². The molecule has 7 atom stereocenters. The first-order chi connectivity index (χ1) is 31.3. The van der Waals surface area contributed by atoms with E-state index >= 15 is 0 Å². The smallest absolute Gasteiger partial charge is 0.327 e. The molecule has 0 unspecified atom stereocenters. The van der Waals surface area contributed by atoms with Crippen molar-refractivity contribution in [2.24, 2.45) is 11.8 Å². The van der Waals surface area contributed by atoms with Crippen molar-refractivity contribution >= 4 is 85.9 Å². The number of aliphatic carboxylic acids is 2. The molecule has 0 fully saturated rings. The number of nitrogen functional groups attached to an aromatic ring is 2. The lowest BCUT2D eigenvalue weighted by Gasteiger charge is -2.25. The van der Waals surface area contributed by atoms with Crippen LogP contribution >= 0.6 is 21.6 Å². The molecule has 0 bridgehead atoms. The van der Waals surface area contributed by atoms with Crippen LogP contribution in [0, 0.1) is 11.8 Å². The van der Waals surface area contributed by atoms with Crippen molar-refractivity contribution in [1.82, 2.24) is 35.9 Å². The number of ketones is 1. The van der Waals surface area contributed by atoms with Gasteiger partial charge in [0.1, 0.15) is 37.5 Å². The standard InChI is InChI=1S/C40H55N9O15S2/c1-20(2-10-29(54)43-16-27(52)33(57)34(58)28(53)18-50)37(59)47-25(39(62)63)19-66-65-13-12-64-31(56)17-44-30(55)11-8-23(38(60)61)14-26(51)22-6-3-21(4-7-22)5-9-24-15-45-36-32(46-24)35(41)48-40(42)49-36/h3-4,6-7,15,20,23,25,27-28,33-34,50,52-53,57-58H,2,5,8-14,16-19H2,1H3,(H,43,54)(H,44,55)(H,47,59)(H,60,61)(H,62,63)(H4,41,42,45,48,49)/t20-,23+,25+,27-,28+,33+,34+/m0/s1. The van der Waals surface area contributed by atoms with E-state index in [0.717, 1.165) is 27.2 Å². The number of carboxylic acid groups (broad SMARTS) is 2.